The second kappa shape index (κ2) is 15.4. The Hall–Kier alpha value is -4.51. The summed E-state index contributed by atoms with van der Waals surface area (Å²) in [7, 11) is 1.77. The summed E-state index contributed by atoms with van der Waals surface area (Å²) in [5.74, 6) is -0.269. The fourth-order valence-electron chi connectivity index (χ4n) is 6.88. The number of nitrogens with zero attached hydrogens (tertiary/aromatic N) is 3. The molecule has 9 heteroatoms. The van der Waals surface area contributed by atoms with Crippen molar-refractivity contribution in [2.75, 3.05) is 26.8 Å². The van der Waals surface area contributed by atoms with Gasteiger partial charge in [0.15, 0.2) is 6.29 Å². The summed E-state index contributed by atoms with van der Waals surface area (Å²) in [5.41, 5.74) is 7.65. The van der Waals surface area contributed by atoms with Crippen LogP contribution in [0.4, 0.5) is 0 Å². The summed E-state index contributed by atoms with van der Waals surface area (Å²) in [5, 5.41) is 12.6. The molecule has 2 aliphatic heterocycles. The Kier molecular flexibility index (Phi) is 10.3. The van der Waals surface area contributed by atoms with Crippen LogP contribution in [0.1, 0.15) is 64.4 Å². The van der Waals surface area contributed by atoms with E-state index in [0.717, 1.165) is 77.9 Å². The average Bonchev–Trinajstić information content (AvgIpc) is 3.59. The van der Waals surface area contributed by atoms with Crippen LogP contribution in [0.5, 0.6) is 0 Å². The van der Waals surface area contributed by atoms with Gasteiger partial charge in [0.2, 0.25) is 0 Å². The standard InChI is InChI=1S/C40H42N4O5/c1-47-26-33-11-6-18-44(33)24-34-21-38(29-16-14-27(25-45)15-17-29)49-40(48-34)32-10-5-9-31(20-32)30-8-4-7-28(19-30)22-42-39(46)37-23-41-35-12-2-3-13-36(35)43-37/h2-5,7-10,12-17,19-20,23,33-34,38,40,45H,6,11,18,21-22,24-26H2,1H3,(H,42,46). The molecular formula is C40H42N4O5. The van der Waals surface area contributed by atoms with E-state index < -0.39 is 6.29 Å². The average molecular weight is 659 g/mol. The molecule has 4 aromatic carbocycles. The van der Waals surface area contributed by atoms with Crippen molar-refractivity contribution in [3.63, 3.8) is 0 Å². The van der Waals surface area contributed by atoms with E-state index >= 15 is 0 Å². The van der Waals surface area contributed by atoms with Crippen LogP contribution in [0.3, 0.4) is 0 Å². The normalized spacial score (nSPS) is 21.2. The van der Waals surface area contributed by atoms with E-state index in [2.05, 4.69) is 50.5 Å². The molecule has 0 bridgehead atoms. The van der Waals surface area contributed by atoms with Gasteiger partial charge in [0.1, 0.15) is 5.69 Å². The van der Waals surface area contributed by atoms with Gasteiger partial charge in [-0.15, -0.1) is 0 Å². The molecule has 2 aliphatic rings. The van der Waals surface area contributed by atoms with Gasteiger partial charge >= 0.3 is 0 Å². The van der Waals surface area contributed by atoms with Crippen LogP contribution >= 0.6 is 0 Å². The van der Waals surface area contributed by atoms with Gasteiger partial charge in [0.25, 0.3) is 5.91 Å². The van der Waals surface area contributed by atoms with Crippen molar-refractivity contribution in [3.05, 3.63) is 131 Å². The topological polar surface area (TPSA) is 106 Å². The molecule has 9 nitrogen and oxygen atoms in total. The smallest absolute Gasteiger partial charge is 0.271 e. The summed E-state index contributed by atoms with van der Waals surface area (Å²) in [6.45, 7) is 2.94. The zero-order valence-corrected chi connectivity index (χ0v) is 27.7. The number of rotatable bonds is 11. The number of aliphatic hydroxyl groups is 1. The first-order valence-electron chi connectivity index (χ1n) is 17.0. The summed E-state index contributed by atoms with van der Waals surface area (Å²) < 4.78 is 18.9. The number of para-hydroxylation sites is 2. The number of carbonyl (C=O) groups is 1. The van der Waals surface area contributed by atoms with Crippen LogP contribution in [0, 0.1) is 0 Å². The monoisotopic (exact) mass is 658 g/mol. The molecule has 4 unspecified atom stereocenters. The maximum Gasteiger partial charge on any atom is 0.271 e. The number of amides is 1. The Morgan fingerprint density at radius 2 is 1.71 bits per heavy atom. The van der Waals surface area contributed by atoms with Gasteiger partial charge in [-0.25, -0.2) is 4.98 Å². The number of hydrogen-bond donors (Lipinski definition) is 2. The molecule has 1 aromatic heterocycles. The van der Waals surface area contributed by atoms with Crippen LogP contribution in [0.25, 0.3) is 22.2 Å². The molecule has 7 rings (SSSR count). The summed E-state index contributed by atoms with van der Waals surface area (Å²) in [6, 6.07) is 32.4. The third-order valence-corrected chi connectivity index (χ3v) is 9.46. The first kappa shape index (κ1) is 33.0. The van der Waals surface area contributed by atoms with E-state index in [-0.39, 0.29) is 30.4 Å². The van der Waals surface area contributed by atoms with Crippen LogP contribution in [-0.2, 0) is 27.4 Å². The van der Waals surface area contributed by atoms with Crippen molar-refractivity contribution >= 4 is 16.9 Å². The van der Waals surface area contributed by atoms with Crippen molar-refractivity contribution in [2.24, 2.45) is 0 Å². The largest absolute Gasteiger partial charge is 0.392 e. The molecule has 4 atom stereocenters. The van der Waals surface area contributed by atoms with E-state index in [0.29, 0.717) is 18.1 Å². The van der Waals surface area contributed by atoms with Gasteiger partial charge in [-0.05, 0) is 71.5 Å². The summed E-state index contributed by atoms with van der Waals surface area (Å²) in [4.78, 5) is 24.3. The van der Waals surface area contributed by atoms with Gasteiger partial charge < -0.3 is 24.6 Å². The van der Waals surface area contributed by atoms with Crippen molar-refractivity contribution in [1.29, 1.82) is 0 Å². The molecule has 0 spiro atoms. The molecule has 5 aromatic rings. The summed E-state index contributed by atoms with van der Waals surface area (Å²) in [6.07, 6.45) is 3.82. The van der Waals surface area contributed by atoms with E-state index in [1.165, 1.54) is 6.20 Å². The van der Waals surface area contributed by atoms with Gasteiger partial charge in [-0.3, -0.25) is 14.7 Å². The lowest BCUT2D eigenvalue weighted by Crippen LogP contribution is -2.42. The van der Waals surface area contributed by atoms with Crippen LogP contribution in [-0.4, -0.2) is 64.8 Å². The van der Waals surface area contributed by atoms with Gasteiger partial charge in [-0.2, -0.15) is 0 Å². The molecule has 1 amide bonds. The zero-order chi connectivity index (χ0) is 33.6. The molecule has 0 saturated carbocycles. The van der Waals surface area contributed by atoms with Crippen LogP contribution < -0.4 is 5.32 Å². The molecule has 0 radical (unpaired) electrons. The number of methoxy groups -OCH3 is 1. The second-order valence-electron chi connectivity index (χ2n) is 12.8. The lowest BCUT2D eigenvalue weighted by Gasteiger charge is -2.39. The number of benzene rings is 4. The first-order valence-corrected chi connectivity index (χ1v) is 17.0. The Balaban J connectivity index is 1.08. The fourth-order valence-corrected chi connectivity index (χ4v) is 6.88. The minimum absolute atomic E-state index is 0.00944. The molecule has 2 saturated heterocycles. The number of hydrogen-bond acceptors (Lipinski definition) is 8. The quantitative estimate of drug-likeness (QED) is 0.169. The molecule has 49 heavy (non-hydrogen) atoms. The molecule has 252 valence electrons. The third kappa shape index (κ3) is 7.88. The van der Waals surface area contributed by atoms with Crippen molar-refractivity contribution in [1.82, 2.24) is 20.2 Å². The molecule has 2 fully saturated rings. The minimum Gasteiger partial charge on any atom is -0.392 e. The number of nitrogens with one attached hydrogen (secondary N) is 1. The predicted molar refractivity (Wildman–Crippen MR) is 187 cm³/mol. The Labute approximate surface area is 286 Å². The second-order valence-corrected chi connectivity index (χ2v) is 12.8. The lowest BCUT2D eigenvalue weighted by atomic mass is 9.98. The van der Waals surface area contributed by atoms with E-state index in [9.17, 15) is 9.90 Å². The fraction of sp³-hybridized carbons (Fsp3) is 0.325. The number of carbonyl (C=O) groups excluding carboxylic acids is 1. The Bertz CT molecular complexity index is 1880. The highest BCUT2D eigenvalue weighted by Gasteiger charge is 2.35. The van der Waals surface area contributed by atoms with Crippen molar-refractivity contribution in [2.45, 2.75) is 57.0 Å². The van der Waals surface area contributed by atoms with E-state index in [1.807, 2.05) is 66.7 Å². The van der Waals surface area contributed by atoms with Crippen molar-refractivity contribution in [3.8, 4) is 11.1 Å². The molecule has 0 aliphatic carbocycles. The number of aliphatic hydroxyl groups excluding tert-OH is 1. The van der Waals surface area contributed by atoms with Gasteiger partial charge in [0, 0.05) is 38.2 Å². The SMILES string of the molecule is COCC1CCCN1CC1CC(c2ccc(CO)cc2)OC(c2cccc(-c3cccc(CNC(=O)c4cnc5ccccc5n4)c3)c2)O1. The highest BCUT2D eigenvalue weighted by atomic mass is 16.7. The summed E-state index contributed by atoms with van der Waals surface area (Å²) >= 11 is 0. The minimum atomic E-state index is -0.546. The molecule has 3 heterocycles. The first-order chi connectivity index (χ1) is 24.1. The number of fused-ring (bicyclic) bond motifs is 1. The zero-order valence-electron chi connectivity index (χ0n) is 27.7. The maximum atomic E-state index is 12.9. The highest BCUT2D eigenvalue weighted by molar-refractivity contribution is 5.93. The molecule has 2 N–H and O–H groups in total. The number of aromatic nitrogens is 2. The van der Waals surface area contributed by atoms with Gasteiger partial charge in [-0.1, -0.05) is 72.8 Å². The number of ether oxygens (including phenoxy) is 3. The lowest BCUT2D eigenvalue weighted by molar-refractivity contribution is -0.253. The highest BCUT2D eigenvalue weighted by Crippen LogP contribution is 2.39. The Morgan fingerprint density at radius 1 is 0.918 bits per heavy atom. The molecular weight excluding hydrogens is 616 g/mol. The van der Waals surface area contributed by atoms with Crippen molar-refractivity contribution < 1.29 is 24.1 Å². The van der Waals surface area contributed by atoms with E-state index in [1.54, 1.807) is 7.11 Å². The third-order valence-electron chi connectivity index (χ3n) is 9.46. The Morgan fingerprint density at radius 3 is 2.53 bits per heavy atom. The maximum absolute atomic E-state index is 12.9. The predicted octanol–water partition coefficient (Wildman–Crippen LogP) is 6.38. The van der Waals surface area contributed by atoms with Crippen LogP contribution in [0.15, 0.2) is 103 Å². The van der Waals surface area contributed by atoms with E-state index in [4.69, 9.17) is 14.2 Å². The number of likely N-dealkylation sites (tertiary alicyclic amines) is 1. The van der Waals surface area contributed by atoms with Crippen LogP contribution in [0.2, 0.25) is 0 Å². The van der Waals surface area contributed by atoms with Gasteiger partial charge in [0.05, 0.1) is 42.7 Å².